The van der Waals surface area contributed by atoms with E-state index in [-0.39, 0.29) is 47.1 Å². The maximum Gasteiger partial charge on any atom is 0.273 e. The van der Waals surface area contributed by atoms with E-state index in [4.69, 9.17) is 0 Å². The molecule has 2 aliphatic carbocycles. The Morgan fingerprint density at radius 3 is 0.975 bits per heavy atom. The predicted octanol–water partition coefficient (Wildman–Crippen LogP) is 6.08. The van der Waals surface area contributed by atoms with Gasteiger partial charge in [0.15, 0.2) is 11.6 Å². The zero-order chi connectivity index (χ0) is 28.1. The molecule has 0 fully saturated rings. The standard InChI is InChI=1S/C32H24N2O6/c35-29-21-11-1-5-15-25(21)31(33(37)38,26-16-6-2-12-22(26)29)19-9-10-20-32(34(39)40)27-17-7-3-13-23(27)30(36)24-14-4-8-18-28(24)32/h1-8,11-18H,9-10,19-20H2. The average molecular weight is 533 g/mol. The van der Waals surface area contributed by atoms with E-state index in [9.17, 15) is 29.8 Å². The Kier molecular flexibility index (Phi) is 5.91. The first kappa shape index (κ1) is 25.3. The molecule has 0 saturated heterocycles. The quantitative estimate of drug-likeness (QED) is 0.162. The Labute approximate surface area is 229 Å². The van der Waals surface area contributed by atoms with Crippen LogP contribution in [0.15, 0.2) is 97.1 Å². The smallest absolute Gasteiger partial charge is 0.273 e. The molecule has 0 amide bonds. The molecule has 6 rings (SSSR count). The fourth-order valence-corrected chi connectivity index (χ4v) is 6.62. The summed E-state index contributed by atoms with van der Waals surface area (Å²) in [6, 6.07) is 26.5. The Bertz CT molecular complexity index is 1500. The summed E-state index contributed by atoms with van der Waals surface area (Å²) in [6.45, 7) is 0. The number of unbranched alkanes of at least 4 members (excludes halogenated alkanes) is 1. The zero-order valence-electron chi connectivity index (χ0n) is 21.4. The second-order valence-electron chi connectivity index (χ2n) is 10.3. The summed E-state index contributed by atoms with van der Waals surface area (Å²) in [5.74, 6) is -0.507. The molecule has 4 aromatic carbocycles. The van der Waals surface area contributed by atoms with Crippen molar-refractivity contribution in [2.45, 2.75) is 36.8 Å². The van der Waals surface area contributed by atoms with Gasteiger partial charge in [0.25, 0.3) is 11.1 Å². The number of nitro groups is 2. The maximum absolute atomic E-state index is 13.2. The topological polar surface area (TPSA) is 120 Å². The molecule has 40 heavy (non-hydrogen) atoms. The van der Waals surface area contributed by atoms with Crippen molar-refractivity contribution in [3.63, 3.8) is 0 Å². The number of rotatable bonds is 7. The summed E-state index contributed by atoms with van der Waals surface area (Å²) in [4.78, 5) is 51.5. The highest BCUT2D eigenvalue weighted by molar-refractivity contribution is 6.13. The van der Waals surface area contributed by atoms with E-state index in [2.05, 4.69) is 0 Å². The summed E-state index contributed by atoms with van der Waals surface area (Å²) < 4.78 is 0. The molecular weight excluding hydrogens is 508 g/mol. The van der Waals surface area contributed by atoms with Crippen LogP contribution in [0.25, 0.3) is 0 Å². The summed E-state index contributed by atoms with van der Waals surface area (Å²) >= 11 is 0. The molecule has 0 N–H and O–H groups in total. The summed E-state index contributed by atoms with van der Waals surface area (Å²) in [5, 5.41) is 25.8. The summed E-state index contributed by atoms with van der Waals surface area (Å²) in [5.41, 5.74) is -0.776. The van der Waals surface area contributed by atoms with E-state index in [0.29, 0.717) is 44.5 Å². The molecule has 0 heterocycles. The highest BCUT2D eigenvalue weighted by Crippen LogP contribution is 2.48. The number of fused-ring (bicyclic) bond motifs is 4. The third-order valence-corrected chi connectivity index (χ3v) is 8.42. The monoisotopic (exact) mass is 532 g/mol. The number of ketones is 2. The van der Waals surface area contributed by atoms with Gasteiger partial charge >= 0.3 is 0 Å². The predicted molar refractivity (Wildman–Crippen MR) is 147 cm³/mol. The molecule has 4 aromatic rings. The number of benzene rings is 4. The van der Waals surface area contributed by atoms with Gasteiger partial charge in [-0.25, -0.2) is 0 Å². The minimum Gasteiger partial charge on any atom is -0.289 e. The number of hydrogen-bond donors (Lipinski definition) is 0. The van der Waals surface area contributed by atoms with Crippen molar-refractivity contribution in [1.82, 2.24) is 0 Å². The van der Waals surface area contributed by atoms with Crippen LogP contribution in [0.1, 0.15) is 79.8 Å². The van der Waals surface area contributed by atoms with E-state index in [1.165, 1.54) is 0 Å². The molecule has 0 spiro atoms. The number of carbonyl (C=O) groups is 2. The van der Waals surface area contributed by atoms with Crippen LogP contribution in [0.4, 0.5) is 0 Å². The van der Waals surface area contributed by atoms with Crippen LogP contribution in [0.5, 0.6) is 0 Å². The lowest BCUT2D eigenvalue weighted by atomic mass is 9.68. The molecule has 0 atom stereocenters. The van der Waals surface area contributed by atoms with Gasteiger partial charge in [-0.15, -0.1) is 0 Å². The van der Waals surface area contributed by atoms with Gasteiger partial charge in [0, 0.05) is 67.2 Å². The van der Waals surface area contributed by atoms with Crippen molar-refractivity contribution in [3.8, 4) is 0 Å². The SMILES string of the molecule is O=C1c2ccccc2C(CCCCC2([N+](=O)[O-])c3ccccc3C(=O)c3ccccc32)([N+](=O)[O-])c2ccccc21. The molecule has 0 aliphatic heterocycles. The molecule has 0 radical (unpaired) electrons. The van der Waals surface area contributed by atoms with Crippen molar-refractivity contribution in [3.05, 3.63) is 162 Å². The van der Waals surface area contributed by atoms with Gasteiger partial charge in [0.05, 0.1) is 0 Å². The minimum atomic E-state index is -1.67. The fraction of sp³-hybridized carbons (Fsp3) is 0.188. The van der Waals surface area contributed by atoms with Gasteiger partial charge in [-0.2, -0.15) is 0 Å². The molecule has 0 bridgehead atoms. The molecule has 2 aliphatic rings. The fourth-order valence-electron chi connectivity index (χ4n) is 6.62. The summed E-state index contributed by atoms with van der Waals surface area (Å²) in [7, 11) is 0. The van der Waals surface area contributed by atoms with Gasteiger partial charge in [-0.05, 0) is 12.8 Å². The number of carbonyl (C=O) groups excluding carboxylic acids is 2. The van der Waals surface area contributed by atoms with Gasteiger partial charge in [0.1, 0.15) is 0 Å². The second-order valence-corrected chi connectivity index (χ2v) is 10.3. The molecule has 8 heteroatoms. The third kappa shape index (κ3) is 3.38. The van der Waals surface area contributed by atoms with Gasteiger partial charge in [0.2, 0.25) is 0 Å². The Balaban J connectivity index is 1.39. The number of hydrogen-bond acceptors (Lipinski definition) is 6. The highest BCUT2D eigenvalue weighted by atomic mass is 16.6. The largest absolute Gasteiger partial charge is 0.289 e. The molecule has 0 unspecified atom stereocenters. The van der Waals surface area contributed by atoms with Crippen LogP contribution < -0.4 is 0 Å². The molecule has 0 saturated carbocycles. The van der Waals surface area contributed by atoms with Gasteiger partial charge in [-0.3, -0.25) is 29.8 Å². The van der Waals surface area contributed by atoms with Crippen LogP contribution in [-0.2, 0) is 11.1 Å². The van der Waals surface area contributed by atoms with Crippen molar-refractivity contribution >= 4 is 11.6 Å². The van der Waals surface area contributed by atoms with E-state index in [0.717, 1.165) is 0 Å². The minimum absolute atomic E-state index is 0.0529. The van der Waals surface area contributed by atoms with E-state index in [1.54, 1.807) is 97.1 Å². The molecule has 198 valence electrons. The third-order valence-electron chi connectivity index (χ3n) is 8.42. The van der Waals surface area contributed by atoms with Crippen molar-refractivity contribution in [2.75, 3.05) is 0 Å². The van der Waals surface area contributed by atoms with Crippen LogP contribution in [0.3, 0.4) is 0 Å². The number of nitrogens with zero attached hydrogens (tertiary/aromatic N) is 2. The molecule has 8 nitrogen and oxygen atoms in total. The zero-order valence-corrected chi connectivity index (χ0v) is 21.4. The maximum atomic E-state index is 13.2. The van der Waals surface area contributed by atoms with Crippen LogP contribution in [0.2, 0.25) is 0 Å². The average Bonchev–Trinajstić information content (AvgIpc) is 2.98. The van der Waals surface area contributed by atoms with Gasteiger partial charge in [-0.1, -0.05) is 97.1 Å². The van der Waals surface area contributed by atoms with Crippen LogP contribution in [0, 0.1) is 20.2 Å². The van der Waals surface area contributed by atoms with Crippen LogP contribution in [-0.4, -0.2) is 21.4 Å². The Hall–Kier alpha value is -4.98. The van der Waals surface area contributed by atoms with Crippen LogP contribution >= 0.6 is 0 Å². The van der Waals surface area contributed by atoms with E-state index >= 15 is 0 Å². The second kappa shape index (κ2) is 9.34. The van der Waals surface area contributed by atoms with Crippen molar-refractivity contribution < 1.29 is 19.4 Å². The summed E-state index contributed by atoms with van der Waals surface area (Å²) in [6.07, 6.45) is 0.673. The molecular formula is C32H24N2O6. The highest BCUT2D eigenvalue weighted by Gasteiger charge is 2.55. The van der Waals surface area contributed by atoms with Gasteiger partial charge < -0.3 is 0 Å². The van der Waals surface area contributed by atoms with Crippen molar-refractivity contribution in [2.24, 2.45) is 0 Å². The van der Waals surface area contributed by atoms with E-state index < -0.39 is 11.1 Å². The lowest BCUT2D eigenvalue weighted by molar-refractivity contribution is -0.570. The first-order chi connectivity index (χ1) is 19.3. The Morgan fingerprint density at radius 1 is 0.475 bits per heavy atom. The lowest BCUT2D eigenvalue weighted by Gasteiger charge is -2.34. The molecule has 0 aromatic heterocycles. The first-order valence-corrected chi connectivity index (χ1v) is 13.1. The lowest BCUT2D eigenvalue weighted by Crippen LogP contribution is -2.43. The normalized spacial score (nSPS) is 15.8. The first-order valence-electron chi connectivity index (χ1n) is 13.1. The van der Waals surface area contributed by atoms with Crippen molar-refractivity contribution in [1.29, 1.82) is 0 Å². The van der Waals surface area contributed by atoms with E-state index in [1.807, 2.05) is 0 Å². The Morgan fingerprint density at radius 2 is 0.725 bits per heavy atom.